The van der Waals surface area contributed by atoms with Gasteiger partial charge in [0.1, 0.15) is 5.82 Å². The molecule has 2 aromatic carbocycles. The first-order chi connectivity index (χ1) is 13.0. The summed E-state index contributed by atoms with van der Waals surface area (Å²) in [5.74, 6) is -0.755. The fourth-order valence-corrected chi connectivity index (χ4v) is 3.80. The van der Waals surface area contributed by atoms with Gasteiger partial charge in [-0.25, -0.2) is 4.39 Å². The Bertz CT molecular complexity index is 1150. The van der Waals surface area contributed by atoms with Crippen LogP contribution in [0.3, 0.4) is 0 Å². The summed E-state index contributed by atoms with van der Waals surface area (Å²) in [4.78, 5) is 24.6. The maximum Gasteiger partial charge on any atom is 0.310 e. The van der Waals surface area contributed by atoms with E-state index in [0.717, 1.165) is 22.5 Å². The SMILES string of the molecule is O=C1C=Cc2ccccc2/C1=C/c1sc(=O)n(Cc2ccc(F)cc2)c1O. The second-order valence-corrected chi connectivity index (χ2v) is 7.10. The fraction of sp³-hybridized carbons (Fsp3) is 0.0476. The summed E-state index contributed by atoms with van der Waals surface area (Å²) in [6.45, 7) is 0.120. The van der Waals surface area contributed by atoms with E-state index in [0.29, 0.717) is 16.0 Å². The third-order valence-corrected chi connectivity index (χ3v) is 5.27. The number of fused-ring (bicyclic) bond motifs is 1. The van der Waals surface area contributed by atoms with Crippen LogP contribution >= 0.6 is 11.3 Å². The number of aromatic nitrogens is 1. The van der Waals surface area contributed by atoms with Gasteiger partial charge in [0.15, 0.2) is 5.78 Å². The smallest absolute Gasteiger partial charge is 0.310 e. The molecule has 6 heteroatoms. The van der Waals surface area contributed by atoms with Crippen molar-refractivity contribution in [3.63, 3.8) is 0 Å². The van der Waals surface area contributed by atoms with Gasteiger partial charge in [-0.3, -0.25) is 14.2 Å². The number of allylic oxidation sites excluding steroid dienone is 2. The van der Waals surface area contributed by atoms with E-state index in [1.807, 2.05) is 24.3 Å². The molecule has 1 aromatic heterocycles. The molecule has 0 bridgehead atoms. The number of rotatable bonds is 3. The lowest BCUT2D eigenvalue weighted by atomic mass is 9.91. The van der Waals surface area contributed by atoms with Crippen molar-refractivity contribution < 1.29 is 14.3 Å². The third kappa shape index (κ3) is 3.27. The summed E-state index contributed by atoms with van der Waals surface area (Å²) in [5.41, 5.74) is 2.78. The molecule has 4 nitrogen and oxygen atoms in total. The van der Waals surface area contributed by atoms with Crippen LogP contribution in [0, 0.1) is 5.82 Å². The predicted octanol–water partition coefficient (Wildman–Crippen LogP) is 3.94. The molecule has 0 saturated carbocycles. The van der Waals surface area contributed by atoms with Crippen molar-refractivity contribution in [2.24, 2.45) is 0 Å². The highest BCUT2D eigenvalue weighted by molar-refractivity contribution is 7.10. The lowest BCUT2D eigenvalue weighted by Gasteiger charge is -2.12. The summed E-state index contributed by atoms with van der Waals surface area (Å²) in [7, 11) is 0. The first-order valence-corrected chi connectivity index (χ1v) is 9.05. The topological polar surface area (TPSA) is 59.3 Å². The minimum Gasteiger partial charge on any atom is -0.493 e. The van der Waals surface area contributed by atoms with Crippen LogP contribution in [0.15, 0.2) is 59.4 Å². The largest absolute Gasteiger partial charge is 0.493 e. The van der Waals surface area contributed by atoms with Gasteiger partial charge in [-0.15, -0.1) is 0 Å². The summed E-state index contributed by atoms with van der Waals surface area (Å²) in [5, 5.41) is 10.5. The van der Waals surface area contributed by atoms with Gasteiger partial charge in [0, 0.05) is 5.57 Å². The molecular formula is C21H14FNO3S. The lowest BCUT2D eigenvalue weighted by molar-refractivity contribution is -0.109. The van der Waals surface area contributed by atoms with Gasteiger partial charge in [-0.1, -0.05) is 53.8 Å². The molecule has 0 amide bonds. The fourth-order valence-electron chi connectivity index (χ4n) is 2.98. The lowest BCUT2D eigenvalue weighted by Crippen LogP contribution is -2.13. The summed E-state index contributed by atoms with van der Waals surface area (Å²) >= 11 is 0.864. The Hall–Kier alpha value is -3.25. The van der Waals surface area contributed by atoms with Crippen LogP contribution in [0.4, 0.5) is 4.39 Å². The van der Waals surface area contributed by atoms with Crippen molar-refractivity contribution >= 4 is 34.8 Å². The Kier molecular flexibility index (Phi) is 4.33. The minimum absolute atomic E-state index is 0.120. The van der Waals surface area contributed by atoms with E-state index < -0.39 is 0 Å². The second-order valence-electron chi connectivity index (χ2n) is 6.11. The number of thiazole rings is 1. The summed E-state index contributed by atoms with van der Waals surface area (Å²) in [6.07, 6.45) is 4.77. The third-order valence-electron chi connectivity index (χ3n) is 4.35. The van der Waals surface area contributed by atoms with E-state index in [2.05, 4.69) is 0 Å². The maximum atomic E-state index is 13.0. The van der Waals surface area contributed by atoms with Crippen molar-refractivity contribution in [3.8, 4) is 5.88 Å². The molecule has 1 aliphatic carbocycles. The molecule has 0 radical (unpaired) electrons. The van der Waals surface area contributed by atoms with Crippen LogP contribution < -0.4 is 4.87 Å². The van der Waals surface area contributed by atoms with Gasteiger partial charge < -0.3 is 5.11 Å². The van der Waals surface area contributed by atoms with Crippen LogP contribution in [0.2, 0.25) is 0 Å². The number of benzene rings is 2. The zero-order valence-corrected chi connectivity index (χ0v) is 14.9. The van der Waals surface area contributed by atoms with Crippen molar-refractivity contribution in [2.45, 2.75) is 6.54 Å². The quantitative estimate of drug-likeness (QED) is 0.702. The number of hydrogen-bond acceptors (Lipinski definition) is 4. The predicted molar refractivity (Wildman–Crippen MR) is 104 cm³/mol. The molecule has 0 atom stereocenters. The van der Waals surface area contributed by atoms with Crippen molar-refractivity contribution in [1.29, 1.82) is 0 Å². The molecule has 0 fully saturated rings. The molecule has 4 rings (SSSR count). The van der Waals surface area contributed by atoms with E-state index in [9.17, 15) is 19.1 Å². The number of carbonyl (C=O) groups is 1. The molecule has 1 N–H and O–H groups in total. The number of ketones is 1. The Labute approximate surface area is 158 Å². The highest BCUT2D eigenvalue weighted by Crippen LogP contribution is 2.31. The van der Waals surface area contributed by atoms with Gasteiger partial charge in [0.2, 0.25) is 5.88 Å². The summed E-state index contributed by atoms with van der Waals surface area (Å²) in [6, 6.07) is 13.2. The van der Waals surface area contributed by atoms with E-state index >= 15 is 0 Å². The molecule has 1 heterocycles. The van der Waals surface area contributed by atoms with Crippen LogP contribution in [-0.2, 0) is 11.3 Å². The number of carbonyl (C=O) groups excluding carboxylic acids is 1. The van der Waals surface area contributed by atoms with E-state index in [1.54, 1.807) is 24.3 Å². The van der Waals surface area contributed by atoms with Gasteiger partial charge in [0.25, 0.3) is 0 Å². The molecule has 134 valence electrons. The molecule has 0 saturated heterocycles. The molecule has 27 heavy (non-hydrogen) atoms. The zero-order valence-electron chi connectivity index (χ0n) is 14.1. The number of aromatic hydroxyl groups is 1. The zero-order chi connectivity index (χ0) is 19.0. The van der Waals surface area contributed by atoms with Gasteiger partial charge >= 0.3 is 4.87 Å². The highest BCUT2D eigenvalue weighted by Gasteiger charge is 2.20. The first kappa shape index (κ1) is 17.2. The number of hydrogen-bond donors (Lipinski definition) is 1. The molecular weight excluding hydrogens is 365 g/mol. The number of halogens is 1. The molecule has 0 aliphatic heterocycles. The van der Waals surface area contributed by atoms with E-state index in [1.165, 1.54) is 22.8 Å². The van der Waals surface area contributed by atoms with E-state index in [-0.39, 0.29) is 28.9 Å². The van der Waals surface area contributed by atoms with Gasteiger partial charge in [-0.2, -0.15) is 0 Å². The van der Waals surface area contributed by atoms with Crippen molar-refractivity contribution in [3.05, 3.63) is 91.7 Å². The Morgan fingerprint density at radius 1 is 1.04 bits per heavy atom. The standard InChI is InChI=1S/C21H14FNO3S/c22-15-8-5-13(6-9-15)12-23-20(25)19(27-21(23)26)11-17-16-4-2-1-3-14(16)7-10-18(17)24/h1-11,25H,12H2/b17-11-. The van der Waals surface area contributed by atoms with Crippen LogP contribution in [0.5, 0.6) is 5.88 Å². The molecule has 0 spiro atoms. The minimum atomic E-state index is -0.367. The van der Waals surface area contributed by atoms with Gasteiger partial charge in [0.05, 0.1) is 11.4 Å². The van der Waals surface area contributed by atoms with Crippen molar-refractivity contribution in [2.75, 3.05) is 0 Å². The maximum absolute atomic E-state index is 13.0. The van der Waals surface area contributed by atoms with Crippen LogP contribution in [-0.4, -0.2) is 15.5 Å². The molecule has 1 aliphatic rings. The Morgan fingerprint density at radius 2 is 1.78 bits per heavy atom. The van der Waals surface area contributed by atoms with Crippen molar-refractivity contribution in [1.82, 2.24) is 4.57 Å². The summed E-state index contributed by atoms with van der Waals surface area (Å²) < 4.78 is 14.3. The first-order valence-electron chi connectivity index (χ1n) is 8.23. The number of nitrogens with zero attached hydrogens (tertiary/aromatic N) is 1. The monoisotopic (exact) mass is 379 g/mol. The van der Waals surface area contributed by atoms with Gasteiger partial charge in [-0.05, 0) is 41.0 Å². The Balaban J connectivity index is 1.74. The van der Waals surface area contributed by atoms with Crippen LogP contribution in [0.25, 0.3) is 17.7 Å². The second kappa shape index (κ2) is 6.81. The average Bonchev–Trinajstić information content (AvgIpc) is 2.93. The highest BCUT2D eigenvalue weighted by atomic mass is 32.1. The molecule has 3 aromatic rings. The normalized spacial score (nSPS) is 14.6. The van der Waals surface area contributed by atoms with Crippen LogP contribution in [0.1, 0.15) is 21.6 Å². The van der Waals surface area contributed by atoms with E-state index in [4.69, 9.17) is 0 Å². The molecule has 0 unspecified atom stereocenters. The average molecular weight is 379 g/mol. The Morgan fingerprint density at radius 3 is 2.56 bits per heavy atom.